The third-order valence-electron chi connectivity index (χ3n) is 1.40. The third kappa shape index (κ3) is 3.22. The number of nitriles is 1. The molecule has 0 aliphatic heterocycles. The van der Waals surface area contributed by atoms with Crippen LogP contribution in [0, 0.1) is 11.3 Å². The number of rotatable bonds is 2. The van der Waals surface area contributed by atoms with E-state index in [1.165, 1.54) is 24.3 Å². The molecule has 0 unspecified atom stereocenters. The molecule has 0 spiro atoms. The van der Waals surface area contributed by atoms with Gasteiger partial charge < -0.3 is 0 Å². The van der Waals surface area contributed by atoms with Gasteiger partial charge in [0.25, 0.3) is 0 Å². The third-order valence-corrected chi connectivity index (χ3v) is 2.07. The maximum Gasteiger partial charge on any atom is 0.306 e. The lowest BCUT2D eigenvalue weighted by atomic mass is 10.2. The zero-order valence-corrected chi connectivity index (χ0v) is 7.38. The van der Waals surface area contributed by atoms with Gasteiger partial charge in [-0.15, -0.1) is 3.89 Å². The first-order valence-electron chi connectivity index (χ1n) is 3.42. The van der Waals surface area contributed by atoms with Gasteiger partial charge in [0.1, 0.15) is 5.75 Å². The van der Waals surface area contributed by atoms with Crippen molar-refractivity contribution in [1.29, 1.82) is 5.26 Å². The van der Waals surface area contributed by atoms with E-state index in [0.29, 0.717) is 5.56 Å². The van der Waals surface area contributed by atoms with Crippen molar-refractivity contribution in [3.8, 4) is 6.07 Å². The van der Waals surface area contributed by atoms with Gasteiger partial charge in [-0.2, -0.15) is 13.7 Å². The normalized spacial score (nSPS) is 10.8. The van der Waals surface area contributed by atoms with E-state index in [1.807, 2.05) is 6.07 Å². The summed E-state index contributed by atoms with van der Waals surface area (Å²) in [6.07, 6.45) is 0. The molecular formula is C8H6FNO2S. The van der Waals surface area contributed by atoms with Crippen molar-refractivity contribution < 1.29 is 12.3 Å². The monoisotopic (exact) mass is 199 g/mol. The van der Waals surface area contributed by atoms with Gasteiger partial charge in [0.15, 0.2) is 0 Å². The van der Waals surface area contributed by atoms with Crippen LogP contribution in [0.15, 0.2) is 24.3 Å². The van der Waals surface area contributed by atoms with Crippen molar-refractivity contribution in [2.24, 2.45) is 0 Å². The Hall–Kier alpha value is -1.41. The molecule has 1 aromatic rings. The summed E-state index contributed by atoms with van der Waals surface area (Å²) in [5, 5.41) is 8.47. The Morgan fingerprint density at radius 3 is 2.69 bits per heavy atom. The van der Waals surface area contributed by atoms with E-state index < -0.39 is 16.0 Å². The molecule has 0 aliphatic carbocycles. The summed E-state index contributed by atoms with van der Waals surface area (Å²) in [7, 11) is -4.51. The van der Waals surface area contributed by atoms with Gasteiger partial charge in [0, 0.05) is 0 Å². The van der Waals surface area contributed by atoms with Crippen molar-refractivity contribution in [3.05, 3.63) is 35.4 Å². The van der Waals surface area contributed by atoms with Crippen LogP contribution in [0.4, 0.5) is 3.89 Å². The number of halogens is 1. The summed E-state index contributed by atoms with van der Waals surface area (Å²) in [5.41, 5.74) is 0.600. The predicted octanol–water partition coefficient (Wildman–Crippen LogP) is 1.36. The molecule has 0 atom stereocenters. The molecule has 5 heteroatoms. The van der Waals surface area contributed by atoms with Crippen LogP contribution in [-0.4, -0.2) is 8.42 Å². The molecule has 1 aromatic carbocycles. The largest absolute Gasteiger partial charge is 0.306 e. The molecule has 13 heavy (non-hydrogen) atoms. The van der Waals surface area contributed by atoms with Crippen molar-refractivity contribution >= 4 is 10.2 Å². The summed E-state index contributed by atoms with van der Waals surface area (Å²) in [6.45, 7) is 0. The zero-order chi connectivity index (χ0) is 9.90. The highest BCUT2D eigenvalue weighted by Gasteiger charge is 2.08. The van der Waals surface area contributed by atoms with E-state index in [-0.39, 0.29) is 5.56 Å². The van der Waals surface area contributed by atoms with Crippen LogP contribution in [0.3, 0.4) is 0 Å². The van der Waals surface area contributed by atoms with E-state index in [0.717, 1.165) is 0 Å². The van der Waals surface area contributed by atoms with Gasteiger partial charge in [0.2, 0.25) is 0 Å². The molecule has 1 rings (SSSR count). The fraction of sp³-hybridized carbons (Fsp3) is 0.125. The lowest BCUT2D eigenvalue weighted by Crippen LogP contribution is -1.96. The molecule has 0 saturated carbocycles. The second-order valence-electron chi connectivity index (χ2n) is 2.50. The van der Waals surface area contributed by atoms with Crippen LogP contribution in [0.25, 0.3) is 0 Å². The van der Waals surface area contributed by atoms with Crippen LogP contribution < -0.4 is 0 Å². The molecule has 0 heterocycles. The average Bonchev–Trinajstić information content (AvgIpc) is 2.01. The number of hydrogen-bond acceptors (Lipinski definition) is 3. The van der Waals surface area contributed by atoms with Gasteiger partial charge >= 0.3 is 10.2 Å². The van der Waals surface area contributed by atoms with Crippen LogP contribution in [-0.2, 0) is 16.0 Å². The van der Waals surface area contributed by atoms with Crippen molar-refractivity contribution in [2.45, 2.75) is 5.75 Å². The number of nitrogens with zero attached hydrogens (tertiary/aromatic N) is 1. The molecule has 3 nitrogen and oxygen atoms in total. The molecule has 0 aromatic heterocycles. The smallest absolute Gasteiger partial charge is 0.194 e. The van der Waals surface area contributed by atoms with Crippen molar-refractivity contribution in [3.63, 3.8) is 0 Å². The van der Waals surface area contributed by atoms with Crippen LogP contribution in [0.5, 0.6) is 0 Å². The minimum atomic E-state index is -4.51. The number of hydrogen-bond donors (Lipinski definition) is 0. The Labute approximate surface area is 75.6 Å². The first kappa shape index (κ1) is 9.68. The molecule has 0 amide bonds. The molecule has 0 radical (unpaired) electrons. The highest BCUT2D eigenvalue weighted by atomic mass is 32.3. The Balaban J connectivity index is 2.99. The van der Waals surface area contributed by atoms with Gasteiger partial charge in [0.05, 0.1) is 11.6 Å². The van der Waals surface area contributed by atoms with Gasteiger partial charge in [-0.1, -0.05) is 12.1 Å². The van der Waals surface area contributed by atoms with Crippen LogP contribution >= 0.6 is 0 Å². The summed E-state index contributed by atoms with van der Waals surface area (Å²) in [5.74, 6) is -0.678. The second kappa shape index (κ2) is 3.54. The fourth-order valence-electron chi connectivity index (χ4n) is 0.930. The molecule has 0 fully saturated rings. The Morgan fingerprint density at radius 2 is 2.15 bits per heavy atom. The highest BCUT2D eigenvalue weighted by Crippen LogP contribution is 2.09. The maximum absolute atomic E-state index is 12.2. The molecule has 0 bridgehead atoms. The summed E-state index contributed by atoms with van der Waals surface area (Å²) < 4.78 is 32.7. The first-order chi connectivity index (χ1) is 6.01. The molecule has 0 aliphatic rings. The molecular weight excluding hydrogens is 193 g/mol. The van der Waals surface area contributed by atoms with Crippen molar-refractivity contribution in [1.82, 2.24) is 0 Å². The van der Waals surface area contributed by atoms with E-state index in [1.54, 1.807) is 0 Å². The minimum Gasteiger partial charge on any atom is -0.194 e. The Kier molecular flexibility index (Phi) is 2.63. The zero-order valence-electron chi connectivity index (χ0n) is 6.57. The van der Waals surface area contributed by atoms with Crippen molar-refractivity contribution in [2.75, 3.05) is 0 Å². The molecule has 0 N–H and O–H groups in total. The van der Waals surface area contributed by atoms with Gasteiger partial charge in [-0.25, -0.2) is 0 Å². The lowest BCUT2D eigenvalue weighted by molar-refractivity contribution is 0.551. The summed E-state index contributed by atoms with van der Waals surface area (Å²) in [6, 6.07) is 7.67. The SMILES string of the molecule is N#Cc1cccc(CS(=O)(=O)F)c1. The van der Waals surface area contributed by atoms with E-state index >= 15 is 0 Å². The minimum absolute atomic E-state index is 0.279. The first-order valence-corrected chi connectivity index (χ1v) is 4.98. The molecule has 0 saturated heterocycles. The predicted molar refractivity (Wildman–Crippen MR) is 44.9 cm³/mol. The number of benzene rings is 1. The average molecular weight is 199 g/mol. The van der Waals surface area contributed by atoms with Crippen LogP contribution in [0.2, 0.25) is 0 Å². The quantitative estimate of drug-likeness (QED) is 0.675. The maximum atomic E-state index is 12.2. The highest BCUT2D eigenvalue weighted by molar-refractivity contribution is 7.85. The Morgan fingerprint density at radius 1 is 1.46 bits per heavy atom. The fourth-order valence-corrected chi connectivity index (χ4v) is 1.51. The standard InChI is InChI=1S/C8H6FNO2S/c9-13(11,12)6-8-3-1-2-7(4-8)5-10/h1-4H,6H2. The summed E-state index contributed by atoms with van der Waals surface area (Å²) in [4.78, 5) is 0. The second-order valence-corrected chi connectivity index (χ2v) is 3.86. The lowest BCUT2D eigenvalue weighted by Gasteiger charge is -1.96. The van der Waals surface area contributed by atoms with Gasteiger partial charge in [-0.3, -0.25) is 0 Å². The van der Waals surface area contributed by atoms with Gasteiger partial charge in [-0.05, 0) is 17.7 Å². The van der Waals surface area contributed by atoms with E-state index in [9.17, 15) is 12.3 Å². The summed E-state index contributed by atoms with van der Waals surface area (Å²) >= 11 is 0. The van der Waals surface area contributed by atoms with E-state index in [2.05, 4.69) is 0 Å². The van der Waals surface area contributed by atoms with Crippen LogP contribution in [0.1, 0.15) is 11.1 Å². The molecule has 68 valence electrons. The van der Waals surface area contributed by atoms with E-state index in [4.69, 9.17) is 5.26 Å². The topological polar surface area (TPSA) is 57.9 Å². The Bertz CT molecular complexity index is 447.